The third-order valence-electron chi connectivity index (χ3n) is 5.74. The Labute approximate surface area is 188 Å². The number of halogens is 1. The van der Waals surface area contributed by atoms with Crippen molar-refractivity contribution < 1.29 is 19.1 Å². The van der Waals surface area contributed by atoms with Crippen LogP contribution >= 0.6 is 15.9 Å². The van der Waals surface area contributed by atoms with Crippen LogP contribution in [0, 0.1) is 0 Å². The second kappa shape index (κ2) is 9.05. The maximum Gasteiger partial charge on any atom is 0.324 e. The van der Waals surface area contributed by atoms with Crippen molar-refractivity contribution in [3.8, 4) is 5.88 Å². The number of urea groups is 1. The fourth-order valence-corrected chi connectivity index (χ4v) is 4.62. The number of pyridine rings is 1. The van der Waals surface area contributed by atoms with Crippen molar-refractivity contribution >= 4 is 33.8 Å². The van der Waals surface area contributed by atoms with Crippen LogP contribution in [-0.2, 0) is 4.79 Å². The molecule has 0 radical (unpaired) electrons. The summed E-state index contributed by atoms with van der Waals surface area (Å²) < 4.78 is 6.81. The number of benzene rings is 1. The number of ether oxygens (including phenoxy) is 1. The number of nitrogens with two attached hydrogens (primary N) is 1. The highest BCUT2D eigenvalue weighted by Gasteiger charge is 2.39. The van der Waals surface area contributed by atoms with Crippen molar-refractivity contribution in [1.82, 2.24) is 15.2 Å². The minimum Gasteiger partial charge on any atom is -0.474 e. The van der Waals surface area contributed by atoms with Crippen LogP contribution < -0.4 is 15.8 Å². The van der Waals surface area contributed by atoms with Gasteiger partial charge in [0.15, 0.2) is 0 Å². The number of rotatable bonds is 5. The van der Waals surface area contributed by atoms with E-state index in [2.05, 4.69) is 26.2 Å². The van der Waals surface area contributed by atoms with E-state index in [1.54, 1.807) is 18.3 Å². The second-order valence-electron chi connectivity index (χ2n) is 7.79. The summed E-state index contributed by atoms with van der Waals surface area (Å²) in [7, 11) is 0. The zero-order valence-electron chi connectivity index (χ0n) is 16.8. The van der Waals surface area contributed by atoms with Crippen molar-refractivity contribution in [2.75, 3.05) is 0 Å². The second-order valence-corrected chi connectivity index (χ2v) is 8.71. The summed E-state index contributed by atoms with van der Waals surface area (Å²) in [6, 6.07) is 9.95. The summed E-state index contributed by atoms with van der Waals surface area (Å²) in [5.41, 5.74) is 6.52. The van der Waals surface area contributed by atoms with Crippen LogP contribution in [0.2, 0.25) is 0 Å². The summed E-state index contributed by atoms with van der Waals surface area (Å²) in [6.45, 7) is 0. The standard InChI is InChI=1S/C22H23BrN4O4/c23-14-4-1-3-13(11-14)18-12-19(28)27(22(30)26-18)15-6-8-16(9-7-15)31-21-17(20(24)29)5-2-10-25-21/h1-5,10-11,15-16,18H,6-9,12H2,(H2,24,29)(H,26,30)/t15?,16?,18-/m1/s1. The lowest BCUT2D eigenvalue weighted by atomic mass is 9.90. The van der Waals surface area contributed by atoms with Gasteiger partial charge in [0.1, 0.15) is 11.7 Å². The molecule has 0 bridgehead atoms. The lowest BCUT2D eigenvalue weighted by Crippen LogP contribution is -2.56. The molecular formula is C22H23BrN4O4. The van der Waals surface area contributed by atoms with Crippen molar-refractivity contribution in [1.29, 1.82) is 0 Å². The van der Waals surface area contributed by atoms with Gasteiger partial charge in [-0.25, -0.2) is 9.78 Å². The molecular weight excluding hydrogens is 464 g/mol. The highest BCUT2D eigenvalue weighted by atomic mass is 79.9. The largest absolute Gasteiger partial charge is 0.474 e. The Morgan fingerprint density at radius 1 is 1.16 bits per heavy atom. The van der Waals surface area contributed by atoms with Gasteiger partial charge in [0.2, 0.25) is 11.8 Å². The first-order chi connectivity index (χ1) is 14.9. The Balaban J connectivity index is 1.36. The molecule has 2 aliphatic rings. The van der Waals surface area contributed by atoms with Crippen LogP contribution in [0.15, 0.2) is 47.1 Å². The van der Waals surface area contributed by atoms with Crippen LogP contribution in [0.4, 0.5) is 4.79 Å². The van der Waals surface area contributed by atoms with Gasteiger partial charge in [-0.15, -0.1) is 0 Å². The van der Waals surface area contributed by atoms with Gasteiger partial charge in [-0.1, -0.05) is 28.1 Å². The number of carbonyl (C=O) groups excluding carboxylic acids is 3. The van der Waals surface area contributed by atoms with E-state index in [4.69, 9.17) is 10.5 Å². The Kier molecular flexibility index (Phi) is 6.22. The van der Waals surface area contributed by atoms with Crippen LogP contribution in [0.1, 0.15) is 54.1 Å². The van der Waals surface area contributed by atoms with Gasteiger partial charge in [-0.2, -0.15) is 0 Å². The first-order valence-electron chi connectivity index (χ1n) is 10.2. The number of carbonyl (C=O) groups is 3. The molecule has 2 fully saturated rings. The summed E-state index contributed by atoms with van der Waals surface area (Å²) in [5.74, 6) is -0.534. The molecule has 1 saturated carbocycles. The number of primary amides is 1. The molecule has 31 heavy (non-hydrogen) atoms. The third kappa shape index (κ3) is 4.71. The van der Waals surface area contributed by atoms with Gasteiger partial charge in [-0.3, -0.25) is 14.5 Å². The summed E-state index contributed by atoms with van der Waals surface area (Å²) >= 11 is 3.42. The molecule has 4 rings (SSSR count). The predicted octanol–water partition coefficient (Wildman–Crippen LogP) is 3.32. The third-order valence-corrected chi connectivity index (χ3v) is 6.23. The summed E-state index contributed by atoms with van der Waals surface area (Å²) in [5, 5.41) is 2.96. The van der Waals surface area contributed by atoms with Crippen LogP contribution in [0.3, 0.4) is 0 Å². The number of imide groups is 1. The maximum atomic E-state index is 12.8. The number of nitrogens with one attached hydrogen (secondary N) is 1. The molecule has 1 aliphatic heterocycles. The Morgan fingerprint density at radius 2 is 1.94 bits per heavy atom. The molecule has 1 aromatic heterocycles. The molecule has 2 heterocycles. The van der Waals surface area contributed by atoms with E-state index in [0.717, 1.165) is 10.0 Å². The van der Waals surface area contributed by atoms with Gasteiger partial charge in [0.05, 0.1) is 12.5 Å². The number of hydrogen-bond donors (Lipinski definition) is 2. The SMILES string of the molecule is NC(=O)c1cccnc1OC1CCC(N2C(=O)C[C@H](c3cccc(Br)c3)NC2=O)CC1. The van der Waals surface area contributed by atoms with Crippen LogP contribution in [0.5, 0.6) is 5.88 Å². The zero-order valence-corrected chi connectivity index (χ0v) is 18.4. The van der Waals surface area contributed by atoms with E-state index < -0.39 is 5.91 Å². The monoisotopic (exact) mass is 486 g/mol. The minimum atomic E-state index is -0.590. The van der Waals surface area contributed by atoms with Crippen molar-refractivity contribution in [2.45, 2.75) is 50.3 Å². The summed E-state index contributed by atoms with van der Waals surface area (Å²) in [6.07, 6.45) is 4.17. The number of hydrogen-bond acceptors (Lipinski definition) is 5. The fraction of sp³-hybridized carbons (Fsp3) is 0.364. The molecule has 0 spiro atoms. The highest BCUT2D eigenvalue weighted by Crippen LogP contribution is 2.31. The zero-order chi connectivity index (χ0) is 22.0. The van der Waals surface area contributed by atoms with Gasteiger partial charge in [-0.05, 0) is 55.5 Å². The van der Waals surface area contributed by atoms with E-state index in [9.17, 15) is 14.4 Å². The predicted molar refractivity (Wildman–Crippen MR) is 116 cm³/mol. The highest BCUT2D eigenvalue weighted by molar-refractivity contribution is 9.10. The van der Waals surface area contributed by atoms with Crippen LogP contribution in [0.25, 0.3) is 0 Å². The van der Waals surface area contributed by atoms with Crippen molar-refractivity contribution in [2.24, 2.45) is 5.73 Å². The quantitative estimate of drug-likeness (QED) is 0.672. The lowest BCUT2D eigenvalue weighted by molar-refractivity contribution is -0.133. The number of nitrogens with zero attached hydrogens (tertiary/aromatic N) is 2. The fourth-order valence-electron chi connectivity index (χ4n) is 4.20. The van der Waals surface area contributed by atoms with Crippen molar-refractivity contribution in [3.05, 3.63) is 58.2 Å². The van der Waals surface area contributed by atoms with E-state index in [1.807, 2.05) is 24.3 Å². The lowest BCUT2D eigenvalue weighted by Gasteiger charge is -2.39. The first-order valence-corrected chi connectivity index (χ1v) is 11.0. The maximum absolute atomic E-state index is 12.8. The molecule has 8 nitrogen and oxygen atoms in total. The van der Waals surface area contributed by atoms with Gasteiger partial charge in [0.25, 0.3) is 5.91 Å². The van der Waals surface area contributed by atoms with E-state index in [-0.39, 0.29) is 48.0 Å². The molecule has 3 N–H and O–H groups in total. The molecule has 2 aromatic rings. The smallest absolute Gasteiger partial charge is 0.324 e. The van der Waals surface area contributed by atoms with E-state index in [1.165, 1.54) is 4.90 Å². The number of aromatic nitrogens is 1. The topological polar surface area (TPSA) is 115 Å². The molecule has 0 unspecified atom stereocenters. The Hall–Kier alpha value is -2.94. The van der Waals surface area contributed by atoms with Gasteiger partial charge in [0, 0.05) is 16.7 Å². The van der Waals surface area contributed by atoms with Gasteiger partial charge < -0.3 is 15.8 Å². The number of amides is 4. The summed E-state index contributed by atoms with van der Waals surface area (Å²) in [4.78, 5) is 42.6. The Morgan fingerprint density at radius 3 is 2.61 bits per heavy atom. The minimum absolute atomic E-state index is 0.151. The van der Waals surface area contributed by atoms with Gasteiger partial charge >= 0.3 is 6.03 Å². The average molecular weight is 487 g/mol. The van der Waals surface area contributed by atoms with E-state index >= 15 is 0 Å². The Bertz CT molecular complexity index is 989. The molecule has 1 aromatic carbocycles. The molecule has 1 saturated heterocycles. The first kappa shape index (κ1) is 21.3. The van der Waals surface area contributed by atoms with E-state index in [0.29, 0.717) is 25.7 Å². The molecule has 162 valence electrons. The molecule has 4 amide bonds. The molecule has 1 atom stereocenters. The average Bonchev–Trinajstić information content (AvgIpc) is 2.74. The molecule has 9 heteroatoms. The normalized spacial score (nSPS) is 23.9. The van der Waals surface area contributed by atoms with Crippen LogP contribution in [-0.4, -0.2) is 39.9 Å². The van der Waals surface area contributed by atoms with Crippen molar-refractivity contribution in [3.63, 3.8) is 0 Å². The molecule has 1 aliphatic carbocycles.